The molecule has 2 N–H and O–H groups in total. The van der Waals surface area contributed by atoms with Crippen LogP contribution in [-0.2, 0) is 6.61 Å². The molecule has 0 fully saturated rings. The number of aromatic hydroxyl groups is 1. The molecule has 0 unspecified atom stereocenters. The molecule has 3 aromatic rings. The van der Waals surface area contributed by atoms with E-state index in [0.717, 1.165) is 21.3 Å². The van der Waals surface area contributed by atoms with Gasteiger partial charge in [-0.15, -0.1) is 0 Å². The van der Waals surface area contributed by atoms with Gasteiger partial charge in [0.15, 0.2) is 11.5 Å². The van der Waals surface area contributed by atoms with Crippen molar-refractivity contribution in [2.45, 2.75) is 6.61 Å². The molecule has 0 heterocycles. The van der Waals surface area contributed by atoms with Gasteiger partial charge in [-0.2, -0.15) is 5.10 Å². The highest BCUT2D eigenvalue weighted by molar-refractivity contribution is 9.10. The summed E-state index contributed by atoms with van der Waals surface area (Å²) in [6.45, 7) is 0.312. The first-order valence-electron chi connectivity index (χ1n) is 9.26. The molecule has 3 rings (SSSR count). The van der Waals surface area contributed by atoms with Gasteiger partial charge in [-0.05, 0) is 66.2 Å². The van der Waals surface area contributed by atoms with Crippen molar-refractivity contribution in [1.82, 2.24) is 5.43 Å². The van der Waals surface area contributed by atoms with Gasteiger partial charge in [-0.1, -0.05) is 15.9 Å². The first kappa shape index (κ1) is 22.2. The Kier molecular flexibility index (Phi) is 7.50. The first-order chi connectivity index (χ1) is 15.0. The summed E-state index contributed by atoms with van der Waals surface area (Å²) < 4.78 is 17.2. The summed E-state index contributed by atoms with van der Waals surface area (Å²) in [5.41, 5.74) is 4.37. The summed E-state index contributed by atoms with van der Waals surface area (Å²) in [4.78, 5) is 12.3. The van der Waals surface area contributed by atoms with Gasteiger partial charge >= 0.3 is 0 Å². The molecule has 0 spiro atoms. The highest BCUT2D eigenvalue weighted by Gasteiger charge is 2.09. The van der Waals surface area contributed by atoms with Crippen LogP contribution in [0.2, 0.25) is 0 Å². The molecule has 0 saturated carbocycles. The average molecular weight is 485 g/mol. The maximum Gasteiger partial charge on any atom is 0.271 e. The minimum Gasteiger partial charge on any atom is -0.504 e. The van der Waals surface area contributed by atoms with Crippen molar-refractivity contribution in [2.75, 3.05) is 14.2 Å². The quantitative estimate of drug-likeness (QED) is 0.362. The zero-order chi connectivity index (χ0) is 22.2. The lowest BCUT2D eigenvalue weighted by Crippen LogP contribution is -2.17. The Balaban J connectivity index is 1.66. The predicted molar refractivity (Wildman–Crippen MR) is 121 cm³/mol. The lowest BCUT2D eigenvalue weighted by atomic mass is 10.1. The van der Waals surface area contributed by atoms with E-state index in [-0.39, 0.29) is 11.5 Å². The number of carbonyl (C=O) groups is 1. The molecule has 8 heteroatoms. The highest BCUT2D eigenvalue weighted by Crippen LogP contribution is 2.26. The molecule has 0 radical (unpaired) electrons. The molecule has 7 nitrogen and oxygen atoms in total. The van der Waals surface area contributed by atoms with Gasteiger partial charge < -0.3 is 19.3 Å². The van der Waals surface area contributed by atoms with Gasteiger partial charge in [0.25, 0.3) is 5.91 Å². The lowest BCUT2D eigenvalue weighted by Gasteiger charge is -2.11. The number of ether oxygens (including phenoxy) is 3. The van der Waals surface area contributed by atoms with Crippen molar-refractivity contribution in [1.29, 1.82) is 0 Å². The van der Waals surface area contributed by atoms with Crippen LogP contribution >= 0.6 is 15.9 Å². The van der Waals surface area contributed by atoms with Crippen molar-refractivity contribution in [3.8, 4) is 23.0 Å². The van der Waals surface area contributed by atoms with Crippen LogP contribution in [0.15, 0.2) is 70.2 Å². The van der Waals surface area contributed by atoms with Crippen LogP contribution in [0.5, 0.6) is 23.0 Å². The standard InChI is InChI=1S/C23H21BrN2O5/c1-29-21-10-3-15(11-17(21)14-31-19-7-5-18(24)6-8-19)13-25-26-23(28)16-4-9-20(27)22(12-16)30-2/h3-13,27H,14H2,1-2H3,(H,26,28)/b25-13+. The Labute approximate surface area is 188 Å². The largest absolute Gasteiger partial charge is 0.504 e. The van der Waals surface area contributed by atoms with Crippen LogP contribution in [0.4, 0.5) is 0 Å². The van der Waals surface area contributed by atoms with Crippen LogP contribution in [0.3, 0.4) is 0 Å². The number of phenolic OH excluding ortho intramolecular Hbond substituents is 1. The van der Waals surface area contributed by atoms with Gasteiger partial charge in [0, 0.05) is 15.6 Å². The fraction of sp³-hybridized carbons (Fsp3) is 0.130. The monoisotopic (exact) mass is 484 g/mol. The van der Waals surface area contributed by atoms with E-state index < -0.39 is 5.91 Å². The summed E-state index contributed by atoms with van der Waals surface area (Å²) in [6.07, 6.45) is 1.53. The fourth-order valence-corrected chi connectivity index (χ4v) is 3.00. The normalized spacial score (nSPS) is 10.7. The van der Waals surface area contributed by atoms with Gasteiger partial charge in [0.05, 0.1) is 20.4 Å². The van der Waals surface area contributed by atoms with E-state index in [1.807, 2.05) is 42.5 Å². The fourth-order valence-electron chi connectivity index (χ4n) is 2.73. The molecular formula is C23H21BrN2O5. The number of hydrogen-bond donors (Lipinski definition) is 2. The van der Waals surface area contributed by atoms with Crippen molar-refractivity contribution in [3.05, 3.63) is 81.8 Å². The van der Waals surface area contributed by atoms with Gasteiger partial charge in [0.2, 0.25) is 0 Å². The van der Waals surface area contributed by atoms with Crippen molar-refractivity contribution in [2.24, 2.45) is 5.10 Å². The van der Waals surface area contributed by atoms with Crippen LogP contribution in [0.1, 0.15) is 21.5 Å². The zero-order valence-electron chi connectivity index (χ0n) is 17.0. The maximum absolute atomic E-state index is 12.3. The second kappa shape index (κ2) is 10.5. The van der Waals surface area contributed by atoms with E-state index in [9.17, 15) is 9.90 Å². The molecule has 0 atom stereocenters. The third-order valence-corrected chi connectivity index (χ3v) is 4.86. The number of amides is 1. The summed E-state index contributed by atoms with van der Waals surface area (Å²) in [5, 5.41) is 13.6. The Morgan fingerprint density at radius 1 is 1.03 bits per heavy atom. The molecule has 1 amide bonds. The summed E-state index contributed by atoms with van der Waals surface area (Å²) >= 11 is 3.40. The molecule has 0 saturated heterocycles. The van der Waals surface area contributed by atoms with Crippen molar-refractivity contribution < 1.29 is 24.1 Å². The molecular weight excluding hydrogens is 464 g/mol. The second-order valence-electron chi connectivity index (χ2n) is 6.40. The van der Waals surface area contributed by atoms with Crippen LogP contribution in [0.25, 0.3) is 0 Å². The molecule has 3 aromatic carbocycles. The topological polar surface area (TPSA) is 89.4 Å². The zero-order valence-corrected chi connectivity index (χ0v) is 18.5. The van der Waals surface area contributed by atoms with Crippen LogP contribution in [-0.4, -0.2) is 31.4 Å². The molecule has 31 heavy (non-hydrogen) atoms. The molecule has 160 valence electrons. The number of benzene rings is 3. The van der Waals surface area contributed by atoms with Crippen LogP contribution in [0, 0.1) is 0 Å². The Hall–Kier alpha value is -3.52. The summed E-state index contributed by atoms with van der Waals surface area (Å²) in [5.74, 6) is 1.16. The number of nitrogens with one attached hydrogen (secondary N) is 1. The van der Waals surface area contributed by atoms with E-state index in [2.05, 4.69) is 26.5 Å². The number of carbonyl (C=O) groups excluding carboxylic acids is 1. The molecule has 0 aliphatic rings. The van der Waals surface area contributed by atoms with E-state index in [4.69, 9.17) is 14.2 Å². The number of hydrogen-bond acceptors (Lipinski definition) is 6. The van der Waals surface area contributed by atoms with Gasteiger partial charge in [-0.3, -0.25) is 4.79 Å². The number of hydrazone groups is 1. The summed E-state index contributed by atoms with van der Waals surface area (Å²) in [6, 6.07) is 17.4. The predicted octanol–water partition coefficient (Wildman–Crippen LogP) is 4.51. The number of phenols is 1. The Bertz CT molecular complexity index is 1080. The summed E-state index contributed by atoms with van der Waals surface area (Å²) in [7, 11) is 3.01. The lowest BCUT2D eigenvalue weighted by molar-refractivity contribution is 0.0954. The minimum absolute atomic E-state index is 0.0429. The highest BCUT2D eigenvalue weighted by atomic mass is 79.9. The first-order valence-corrected chi connectivity index (χ1v) is 10.0. The molecule has 0 aliphatic carbocycles. The molecule has 0 bridgehead atoms. The van der Waals surface area contributed by atoms with E-state index >= 15 is 0 Å². The smallest absolute Gasteiger partial charge is 0.271 e. The van der Waals surface area contributed by atoms with E-state index in [0.29, 0.717) is 17.9 Å². The SMILES string of the molecule is COc1cc(C(=O)N/N=C/c2ccc(OC)c(COc3ccc(Br)cc3)c2)ccc1O. The minimum atomic E-state index is -0.429. The Morgan fingerprint density at radius 3 is 2.48 bits per heavy atom. The Morgan fingerprint density at radius 2 is 1.77 bits per heavy atom. The van der Waals surface area contributed by atoms with E-state index in [1.54, 1.807) is 7.11 Å². The van der Waals surface area contributed by atoms with Crippen molar-refractivity contribution in [3.63, 3.8) is 0 Å². The molecule has 0 aliphatic heterocycles. The second-order valence-corrected chi connectivity index (χ2v) is 7.32. The maximum atomic E-state index is 12.3. The third-order valence-electron chi connectivity index (χ3n) is 4.33. The number of nitrogens with zero attached hydrogens (tertiary/aromatic N) is 1. The van der Waals surface area contributed by atoms with Gasteiger partial charge in [0.1, 0.15) is 18.1 Å². The van der Waals surface area contributed by atoms with Gasteiger partial charge in [-0.25, -0.2) is 5.43 Å². The van der Waals surface area contributed by atoms with E-state index in [1.165, 1.54) is 31.5 Å². The number of halogens is 1. The van der Waals surface area contributed by atoms with Crippen LogP contribution < -0.4 is 19.6 Å². The third kappa shape index (κ3) is 5.99. The average Bonchev–Trinajstić information content (AvgIpc) is 2.79. The number of methoxy groups -OCH3 is 2. The molecule has 0 aromatic heterocycles. The van der Waals surface area contributed by atoms with Crippen molar-refractivity contribution >= 4 is 28.1 Å². The number of rotatable bonds is 8.